The van der Waals surface area contributed by atoms with E-state index >= 15 is 0 Å². The molecule has 1 aromatic carbocycles. The molecule has 1 amide bonds. The highest BCUT2D eigenvalue weighted by molar-refractivity contribution is 7.10. The Hall–Kier alpha value is -2.73. The number of fused-ring (bicyclic) bond motifs is 1. The van der Waals surface area contributed by atoms with Gasteiger partial charge < -0.3 is 10.1 Å². The molecule has 3 rings (SSSR count). The van der Waals surface area contributed by atoms with Gasteiger partial charge in [-0.15, -0.1) is 11.3 Å². The molecule has 26 heavy (non-hydrogen) atoms. The molecule has 0 unspecified atom stereocenters. The van der Waals surface area contributed by atoms with Crippen LogP contribution in [-0.4, -0.2) is 23.5 Å². The number of ether oxygens (including phenoxy) is 1. The summed E-state index contributed by atoms with van der Waals surface area (Å²) in [5.41, 5.74) is 2.66. The van der Waals surface area contributed by atoms with Crippen LogP contribution < -0.4 is 5.32 Å². The molecule has 0 fully saturated rings. The van der Waals surface area contributed by atoms with Gasteiger partial charge >= 0.3 is 5.97 Å². The molecule has 0 spiro atoms. The van der Waals surface area contributed by atoms with E-state index in [0.29, 0.717) is 11.3 Å². The average molecular weight is 368 g/mol. The zero-order valence-electron chi connectivity index (χ0n) is 14.9. The molecule has 2 aromatic heterocycles. The Morgan fingerprint density at radius 2 is 1.96 bits per heavy atom. The summed E-state index contributed by atoms with van der Waals surface area (Å²) in [6.45, 7) is 5.22. The molecule has 0 saturated carbocycles. The van der Waals surface area contributed by atoms with E-state index in [9.17, 15) is 9.59 Å². The lowest BCUT2D eigenvalue weighted by atomic mass is 10.0. The van der Waals surface area contributed by atoms with Crippen LogP contribution in [0.25, 0.3) is 10.9 Å². The van der Waals surface area contributed by atoms with Crippen LogP contribution in [0.2, 0.25) is 0 Å². The van der Waals surface area contributed by atoms with Crippen LogP contribution in [0.15, 0.2) is 41.8 Å². The fourth-order valence-electron chi connectivity index (χ4n) is 2.93. The number of para-hydroxylation sites is 1. The van der Waals surface area contributed by atoms with E-state index in [-0.39, 0.29) is 18.6 Å². The summed E-state index contributed by atoms with van der Waals surface area (Å²) in [4.78, 5) is 30.1. The number of aromatic nitrogens is 1. The second-order valence-electron chi connectivity index (χ2n) is 6.10. The fourth-order valence-corrected chi connectivity index (χ4v) is 3.66. The van der Waals surface area contributed by atoms with Crippen LogP contribution in [-0.2, 0) is 9.53 Å². The smallest absolute Gasteiger partial charge is 0.340 e. The van der Waals surface area contributed by atoms with Crippen LogP contribution in [0.4, 0.5) is 0 Å². The Bertz CT molecular complexity index is 951. The van der Waals surface area contributed by atoms with E-state index in [1.54, 1.807) is 18.3 Å². The largest absolute Gasteiger partial charge is 0.452 e. The van der Waals surface area contributed by atoms with Crippen molar-refractivity contribution < 1.29 is 14.3 Å². The molecular weight excluding hydrogens is 348 g/mol. The Labute approximate surface area is 156 Å². The molecule has 134 valence electrons. The molecular formula is C20H20N2O3S. The van der Waals surface area contributed by atoms with Gasteiger partial charge in [0.2, 0.25) is 0 Å². The molecule has 1 N–H and O–H groups in total. The highest BCUT2D eigenvalue weighted by Crippen LogP contribution is 2.23. The number of carbonyl (C=O) groups is 2. The number of nitrogens with zero attached hydrogens (tertiary/aromatic N) is 1. The average Bonchev–Trinajstić information content (AvgIpc) is 3.15. The van der Waals surface area contributed by atoms with Gasteiger partial charge in [-0.25, -0.2) is 4.79 Å². The third-order valence-electron chi connectivity index (χ3n) is 4.22. The number of hydrogen-bond donors (Lipinski definition) is 1. The summed E-state index contributed by atoms with van der Waals surface area (Å²) < 4.78 is 5.23. The van der Waals surface area contributed by atoms with Crippen LogP contribution >= 0.6 is 11.3 Å². The maximum Gasteiger partial charge on any atom is 0.340 e. The summed E-state index contributed by atoms with van der Waals surface area (Å²) in [6, 6.07) is 11.4. The number of carbonyl (C=O) groups excluding carboxylic acids is 2. The maximum atomic E-state index is 12.5. The number of aryl methyl sites for hydroxylation is 2. The second-order valence-corrected chi connectivity index (χ2v) is 7.07. The molecule has 0 bridgehead atoms. The second kappa shape index (κ2) is 7.66. The first-order valence-corrected chi connectivity index (χ1v) is 9.21. The maximum absolute atomic E-state index is 12.5. The topological polar surface area (TPSA) is 68.3 Å². The minimum atomic E-state index is -0.530. The quantitative estimate of drug-likeness (QED) is 0.693. The first-order chi connectivity index (χ1) is 12.5. The summed E-state index contributed by atoms with van der Waals surface area (Å²) in [5.74, 6) is -0.861. The number of benzene rings is 1. The number of pyridine rings is 1. The Morgan fingerprint density at radius 1 is 1.19 bits per heavy atom. The Balaban J connectivity index is 1.68. The lowest BCUT2D eigenvalue weighted by Crippen LogP contribution is -2.31. The third kappa shape index (κ3) is 3.75. The highest BCUT2D eigenvalue weighted by Gasteiger charge is 2.19. The normalized spacial score (nSPS) is 12.0. The van der Waals surface area contributed by atoms with Crippen molar-refractivity contribution in [2.75, 3.05) is 6.61 Å². The zero-order chi connectivity index (χ0) is 18.7. The summed E-state index contributed by atoms with van der Waals surface area (Å²) in [5, 5.41) is 5.68. The van der Waals surface area contributed by atoms with Crippen molar-refractivity contribution in [3.63, 3.8) is 0 Å². The fraction of sp³-hybridized carbons (Fsp3) is 0.250. The van der Waals surface area contributed by atoms with Gasteiger partial charge in [-0.2, -0.15) is 0 Å². The molecule has 0 radical (unpaired) electrons. The lowest BCUT2D eigenvalue weighted by Gasteiger charge is -2.14. The van der Waals surface area contributed by atoms with Gasteiger partial charge in [0.15, 0.2) is 6.61 Å². The molecule has 3 aromatic rings. The van der Waals surface area contributed by atoms with Gasteiger partial charge in [-0.1, -0.05) is 24.3 Å². The first-order valence-electron chi connectivity index (χ1n) is 8.33. The Kier molecular flexibility index (Phi) is 5.32. The van der Waals surface area contributed by atoms with Crippen molar-refractivity contribution in [2.24, 2.45) is 0 Å². The van der Waals surface area contributed by atoms with Gasteiger partial charge in [0.05, 0.1) is 22.8 Å². The van der Waals surface area contributed by atoms with Gasteiger partial charge in [0, 0.05) is 10.3 Å². The number of esters is 1. The summed E-state index contributed by atoms with van der Waals surface area (Å²) >= 11 is 1.57. The minimum absolute atomic E-state index is 0.119. The predicted octanol–water partition coefficient (Wildman–Crippen LogP) is 3.95. The molecule has 6 heteroatoms. The van der Waals surface area contributed by atoms with E-state index in [1.807, 2.05) is 55.6 Å². The van der Waals surface area contributed by atoms with E-state index in [2.05, 4.69) is 10.3 Å². The van der Waals surface area contributed by atoms with E-state index in [0.717, 1.165) is 21.3 Å². The van der Waals surface area contributed by atoms with Crippen LogP contribution in [0.1, 0.15) is 39.5 Å². The molecule has 0 aliphatic carbocycles. The third-order valence-corrected chi connectivity index (χ3v) is 5.27. The minimum Gasteiger partial charge on any atom is -0.452 e. The van der Waals surface area contributed by atoms with Crippen molar-refractivity contribution in [1.29, 1.82) is 0 Å². The molecule has 2 heterocycles. The molecule has 0 aliphatic heterocycles. The molecule has 0 aliphatic rings. The van der Waals surface area contributed by atoms with Crippen molar-refractivity contribution >= 4 is 34.1 Å². The number of rotatable bonds is 5. The van der Waals surface area contributed by atoms with Crippen molar-refractivity contribution in [1.82, 2.24) is 10.3 Å². The van der Waals surface area contributed by atoms with Gasteiger partial charge in [0.1, 0.15) is 0 Å². The highest BCUT2D eigenvalue weighted by atomic mass is 32.1. The Morgan fingerprint density at radius 3 is 2.69 bits per heavy atom. The van der Waals surface area contributed by atoms with E-state index in [1.165, 1.54) is 0 Å². The van der Waals surface area contributed by atoms with Gasteiger partial charge in [-0.3, -0.25) is 9.78 Å². The van der Waals surface area contributed by atoms with Crippen molar-refractivity contribution in [3.8, 4) is 0 Å². The first kappa shape index (κ1) is 18.1. The molecule has 1 atom stereocenters. The van der Waals surface area contributed by atoms with Crippen LogP contribution in [0.3, 0.4) is 0 Å². The number of amides is 1. The zero-order valence-corrected chi connectivity index (χ0v) is 15.7. The van der Waals surface area contributed by atoms with E-state index < -0.39 is 5.97 Å². The SMILES string of the molecule is Cc1nc2ccccc2c(C)c1C(=O)OCC(=O)N[C@H](C)c1cccs1. The van der Waals surface area contributed by atoms with Gasteiger partial charge in [0.25, 0.3) is 5.91 Å². The summed E-state index contributed by atoms with van der Waals surface area (Å²) in [6.07, 6.45) is 0. The predicted molar refractivity (Wildman–Crippen MR) is 102 cm³/mol. The van der Waals surface area contributed by atoms with Crippen LogP contribution in [0.5, 0.6) is 0 Å². The summed E-state index contributed by atoms with van der Waals surface area (Å²) in [7, 11) is 0. The monoisotopic (exact) mass is 368 g/mol. The molecule has 5 nitrogen and oxygen atoms in total. The number of thiophene rings is 1. The van der Waals surface area contributed by atoms with Crippen LogP contribution in [0, 0.1) is 13.8 Å². The molecule has 0 saturated heterocycles. The lowest BCUT2D eigenvalue weighted by molar-refractivity contribution is -0.124. The number of nitrogens with one attached hydrogen (secondary N) is 1. The van der Waals surface area contributed by atoms with Crippen molar-refractivity contribution in [2.45, 2.75) is 26.8 Å². The number of hydrogen-bond acceptors (Lipinski definition) is 5. The van der Waals surface area contributed by atoms with Crippen molar-refractivity contribution in [3.05, 3.63) is 63.5 Å². The standard InChI is InChI=1S/C20H20N2O3S/c1-12-15-7-4-5-8-16(15)21-14(3)19(12)20(24)25-11-18(23)22-13(2)17-9-6-10-26-17/h4-10,13H,11H2,1-3H3,(H,22,23)/t13-/m1/s1. The van der Waals surface area contributed by atoms with Gasteiger partial charge in [-0.05, 0) is 43.8 Å². The van der Waals surface area contributed by atoms with E-state index in [4.69, 9.17) is 4.74 Å².